The van der Waals surface area contributed by atoms with Gasteiger partial charge in [0.15, 0.2) is 0 Å². The van der Waals surface area contributed by atoms with Crippen LogP contribution in [0.4, 0.5) is 18.9 Å². The zero-order chi connectivity index (χ0) is 26.0. The number of rotatable bonds is 14. The average Bonchev–Trinajstić information content (AvgIpc) is 2.75. The van der Waals surface area contributed by atoms with Gasteiger partial charge in [-0.1, -0.05) is 76.3 Å². The number of carboxylic acids is 2. The fourth-order valence-corrected chi connectivity index (χ4v) is 3.10. The second-order valence-corrected chi connectivity index (χ2v) is 8.12. The number of hydrogen-bond donors (Lipinski definition) is 4. The summed E-state index contributed by atoms with van der Waals surface area (Å²) in [7, 11) is 0. The molecular formula is C23H34ClF3N2O5. The summed E-state index contributed by atoms with van der Waals surface area (Å²) in [5.41, 5.74) is -0.868. The third kappa shape index (κ3) is 16.3. The molecule has 1 rings (SSSR count). The molecule has 0 aromatic heterocycles. The lowest BCUT2D eigenvalue weighted by Gasteiger charge is -2.12. The molecule has 0 aliphatic rings. The Balaban J connectivity index is 0.00000160. The van der Waals surface area contributed by atoms with Crippen molar-refractivity contribution in [3.63, 3.8) is 0 Å². The standard InChI is InChI=1S/C21H32ClF3N2O.C2H2O4/c1-2-3-4-5-6-7-8-9-10-11-14-26-16-20(28)27-19-15-17(21(23,24)25)12-13-18(19)22;3-1(4)2(5)6/h12-13,15,26H,2-11,14,16H2,1H3,(H,27,28);(H,3,4)(H,5,6). The molecular weight excluding hydrogens is 477 g/mol. The van der Waals surface area contributed by atoms with Crippen LogP contribution in [0.1, 0.15) is 76.7 Å². The molecule has 1 aromatic carbocycles. The highest BCUT2D eigenvalue weighted by molar-refractivity contribution is 6.33. The van der Waals surface area contributed by atoms with Gasteiger partial charge in [0.05, 0.1) is 22.8 Å². The molecule has 0 aliphatic carbocycles. The first-order valence-corrected chi connectivity index (χ1v) is 11.7. The summed E-state index contributed by atoms with van der Waals surface area (Å²) in [5, 5.41) is 20.3. The third-order valence-corrected chi connectivity index (χ3v) is 5.07. The van der Waals surface area contributed by atoms with E-state index in [1.54, 1.807) is 0 Å². The van der Waals surface area contributed by atoms with Crippen molar-refractivity contribution in [2.45, 2.75) is 77.3 Å². The highest BCUT2D eigenvalue weighted by Gasteiger charge is 2.31. The van der Waals surface area contributed by atoms with Crippen molar-refractivity contribution in [2.24, 2.45) is 0 Å². The first-order chi connectivity index (χ1) is 16.0. The molecule has 0 saturated carbocycles. The molecule has 11 heteroatoms. The van der Waals surface area contributed by atoms with Crippen molar-refractivity contribution >= 4 is 35.1 Å². The van der Waals surface area contributed by atoms with Crippen molar-refractivity contribution in [2.75, 3.05) is 18.4 Å². The van der Waals surface area contributed by atoms with E-state index in [1.807, 2.05) is 0 Å². The summed E-state index contributed by atoms with van der Waals surface area (Å²) in [5.74, 6) is -4.06. The molecule has 0 radical (unpaired) electrons. The van der Waals surface area contributed by atoms with E-state index in [9.17, 15) is 18.0 Å². The van der Waals surface area contributed by atoms with E-state index in [-0.39, 0.29) is 17.3 Å². The number of carbonyl (C=O) groups is 3. The largest absolute Gasteiger partial charge is 0.473 e. The Labute approximate surface area is 203 Å². The van der Waals surface area contributed by atoms with E-state index < -0.39 is 29.6 Å². The summed E-state index contributed by atoms with van der Waals surface area (Å²) in [6.07, 6.45) is 7.95. The predicted octanol–water partition coefficient (Wildman–Crippen LogP) is 5.96. The summed E-state index contributed by atoms with van der Waals surface area (Å²) in [6, 6.07) is 2.88. The van der Waals surface area contributed by atoms with E-state index in [2.05, 4.69) is 17.6 Å². The number of aliphatic carboxylic acids is 2. The molecule has 1 aromatic rings. The Morgan fingerprint density at radius 3 is 1.85 bits per heavy atom. The third-order valence-electron chi connectivity index (χ3n) is 4.74. The van der Waals surface area contributed by atoms with Crippen LogP contribution in [0.15, 0.2) is 18.2 Å². The van der Waals surface area contributed by atoms with E-state index in [0.717, 1.165) is 31.0 Å². The van der Waals surface area contributed by atoms with Gasteiger partial charge in [-0.3, -0.25) is 4.79 Å². The van der Waals surface area contributed by atoms with Crippen molar-refractivity contribution in [3.05, 3.63) is 28.8 Å². The Morgan fingerprint density at radius 1 is 0.882 bits per heavy atom. The predicted molar refractivity (Wildman–Crippen MR) is 125 cm³/mol. The van der Waals surface area contributed by atoms with Crippen LogP contribution in [0.2, 0.25) is 5.02 Å². The van der Waals surface area contributed by atoms with E-state index in [1.165, 1.54) is 51.4 Å². The van der Waals surface area contributed by atoms with Crippen molar-refractivity contribution in [3.8, 4) is 0 Å². The van der Waals surface area contributed by atoms with Crippen LogP contribution in [0, 0.1) is 0 Å². The van der Waals surface area contributed by atoms with Crippen LogP contribution in [0.3, 0.4) is 0 Å². The normalized spacial score (nSPS) is 10.9. The second-order valence-electron chi connectivity index (χ2n) is 7.71. The van der Waals surface area contributed by atoms with Gasteiger partial charge < -0.3 is 20.8 Å². The molecule has 0 fully saturated rings. The van der Waals surface area contributed by atoms with Gasteiger partial charge in [-0.2, -0.15) is 13.2 Å². The number of carbonyl (C=O) groups excluding carboxylic acids is 1. The lowest BCUT2D eigenvalue weighted by Crippen LogP contribution is -2.29. The fraction of sp³-hybridized carbons (Fsp3) is 0.609. The van der Waals surface area contributed by atoms with Gasteiger partial charge in [0.2, 0.25) is 5.91 Å². The topological polar surface area (TPSA) is 116 Å². The molecule has 0 heterocycles. The Kier molecular flexibility index (Phi) is 16.8. The maximum absolute atomic E-state index is 12.7. The van der Waals surface area contributed by atoms with Gasteiger partial charge in [0.25, 0.3) is 0 Å². The van der Waals surface area contributed by atoms with E-state index in [4.69, 9.17) is 31.4 Å². The first-order valence-electron chi connectivity index (χ1n) is 11.3. The van der Waals surface area contributed by atoms with Crippen molar-refractivity contribution < 1.29 is 37.8 Å². The maximum Gasteiger partial charge on any atom is 0.416 e. The molecule has 194 valence electrons. The van der Waals surface area contributed by atoms with Gasteiger partial charge in [0.1, 0.15) is 0 Å². The number of unbranched alkanes of at least 4 members (excludes halogenated alkanes) is 9. The number of amides is 1. The monoisotopic (exact) mass is 510 g/mol. The highest BCUT2D eigenvalue weighted by atomic mass is 35.5. The molecule has 0 bridgehead atoms. The van der Waals surface area contributed by atoms with Gasteiger partial charge in [-0.25, -0.2) is 9.59 Å². The summed E-state index contributed by atoms with van der Waals surface area (Å²) >= 11 is 5.87. The van der Waals surface area contributed by atoms with Gasteiger partial charge in [-0.05, 0) is 31.2 Å². The molecule has 0 aliphatic heterocycles. The van der Waals surface area contributed by atoms with Crippen LogP contribution in [0.5, 0.6) is 0 Å². The highest BCUT2D eigenvalue weighted by Crippen LogP contribution is 2.33. The number of alkyl halides is 3. The number of anilines is 1. The van der Waals surface area contributed by atoms with Gasteiger partial charge in [0, 0.05) is 0 Å². The second kappa shape index (κ2) is 18.1. The van der Waals surface area contributed by atoms with E-state index >= 15 is 0 Å². The minimum Gasteiger partial charge on any atom is -0.473 e. The molecule has 34 heavy (non-hydrogen) atoms. The van der Waals surface area contributed by atoms with Crippen molar-refractivity contribution in [1.29, 1.82) is 0 Å². The van der Waals surface area contributed by atoms with Crippen LogP contribution < -0.4 is 10.6 Å². The maximum atomic E-state index is 12.7. The SMILES string of the molecule is CCCCCCCCCCCCNCC(=O)Nc1cc(C(F)(F)F)ccc1Cl.O=C(O)C(=O)O. The Bertz CT molecular complexity index is 749. The summed E-state index contributed by atoms with van der Waals surface area (Å²) in [6.45, 7) is 2.97. The first kappa shape index (κ1) is 31.7. The molecule has 4 N–H and O–H groups in total. The van der Waals surface area contributed by atoms with Crippen LogP contribution >= 0.6 is 11.6 Å². The summed E-state index contributed by atoms with van der Waals surface area (Å²) < 4.78 is 38.2. The lowest BCUT2D eigenvalue weighted by molar-refractivity contribution is -0.159. The van der Waals surface area contributed by atoms with Gasteiger partial charge in [-0.15, -0.1) is 0 Å². The van der Waals surface area contributed by atoms with E-state index in [0.29, 0.717) is 6.54 Å². The smallest absolute Gasteiger partial charge is 0.416 e. The van der Waals surface area contributed by atoms with Crippen molar-refractivity contribution in [1.82, 2.24) is 5.32 Å². The molecule has 0 spiro atoms. The van der Waals surface area contributed by atoms with Crippen LogP contribution in [-0.4, -0.2) is 41.1 Å². The minimum atomic E-state index is -4.47. The molecule has 1 amide bonds. The molecule has 0 saturated heterocycles. The Hall–Kier alpha value is -2.33. The number of carboxylic acid groups (broad SMARTS) is 2. The summed E-state index contributed by atoms with van der Waals surface area (Å²) in [4.78, 5) is 30.1. The minimum absolute atomic E-state index is 0.0257. The van der Waals surface area contributed by atoms with Gasteiger partial charge >= 0.3 is 18.1 Å². The fourth-order valence-electron chi connectivity index (χ4n) is 2.93. The molecule has 0 atom stereocenters. The zero-order valence-corrected chi connectivity index (χ0v) is 20.1. The zero-order valence-electron chi connectivity index (χ0n) is 19.3. The number of nitrogens with one attached hydrogen (secondary N) is 2. The number of benzene rings is 1. The molecule has 0 unspecified atom stereocenters. The molecule has 7 nitrogen and oxygen atoms in total. The number of hydrogen-bond acceptors (Lipinski definition) is 4. The quantitative estimate of drug-likeness (QED) is 0.181. The average molecular weight is 511 g/mol. The van der Waals surface area contributed by atoms with Crippen LogP contribution in [-0.2, 0) is 20.6 Å². The van der Waals surface area contributed by atoms with Crippen LogP contribution in [0.25, 0.3) is 0 Å². The Morgan fingerprint density at radius 2 is 1.38 bits per heavy atom. The lowest BCUT2D eigenvalue weighted by atomic mass is 10.1. The number of halogens is 4.